The predicted molar refractivity (Wildman–Crippen MR) is 60.0 cm³/mol. The number of ether oxygens (including phenoxy) is 1. The van der Waals surface area contributed by atoms with Gasteiger partial charge in [-0.15, -0.1) is 0 Å². The number of aliphatic hydroxyl groups excluding tert-OH is 2. The molecule has 17 heavy (non-hydrogen) atoms. The first-order valence-electron chi connectivity index (χ1n) is 4.98. The molecule has 2 atom stereocenters. The topological polar surface area (TPSA) is 113 Å². The molecule has 0 saturated heterocycles. The van der Waals surface area contributed by atoms with Gasteiger partial charge in [-0.1, -0.05) is 0 Å². The number of hydrogen-bond donors (Lipinski definition) is 4. The molecule has 0 fully saturated rings. The average molecular weight is 241 g/mol. The minimum absolute atomic E-state index is 0.0254. The molecule has 1 aromatic carbocycles. The minimum atomic E-state index is -1.24. The molecule has 5 N–H and O–H groups in total. The van der Waals surface area contributed by atoms with Crippen LogP contribution in [0.15, 0.2) is 18.2 Å². The Hall–Kier alpha value is -1.63. The Kier molecular flexibility index (Phi) is 4.45. The van der Waals surface area contributed by atoms with Crippen LogP contribution in [0.4, 0.5) is 0 Å². The fraction of sp³-hybridized carbons (Fsp3) is 0.364. The summed E-state index contributed by atoms with van der Waals surface area (Å²) in [5, 5.41) is 28.0. The standard InChI is InChI=1S/C11H15NO5/c1-17-8-3-6(10(14)9(13)5-12)2-7(4-8)11(15)16/h2-4,9-10,13-14H,5,12H2,1H3,(H,15,16). The number of benzene rings is 1. The molecule has 0 spiro atoms. The van der Waals surface area contributed by atoms with Crippen LogP contribution in [0.25, 0.3) is 0 Å². The van der Waals surface area contributed by atoms with Gasteiger partial charge < -0.3 is 25.8 Å². The van der Waals surface area contributed by atoms with E-state index < -0.39 is 18.2 Å². The fourth-order valence-electron chi connectivity index (χ4n) is 1.39. The summed E-state index contributed by atoms with van der Waals surface area (Å²) in [7, 11) is 1.39. The second-order valence-corrected chi connectivity index (χ2v) is 3.55. The minimum Gasteiger partial charge on any atom is -0.497 e. The summed E-state index contributed by atoms with van der Waals surface area (Å²) in [6.45, 7) is -0.124. The van der Waals surface area contributed by atoms with Gasteiger partial charge in [0.25, 0.3) is 0 Å². The van der Waals surface area contributed by atoms with E-state index in [0.29, 0.717) is 5.75 Å². The van der Waals surface area contributed by atoms with Gasteiger partial charge in [0.1, 0.15) is 11.9 Å². The molecule has 0 bridgehead atoms. The number of methoxy groups -OCH3 is 1. The Morgan fingerprint density at radius 2 is 2.06 bits per heavy atom. The molecule has 6 nitrogen and oxygen atoms in total. The fourth-order valence-corrected chi connectivity index (χ4v) is 1.39. The van der Waals surface area contributed by atoms with Crippen LogP contribution in [0.5, 0.6) is 5.75 Å². The van der Waals surface area contributed by atoms with Crippen molar-refractivity contribution in [1.29, 1.82) is 0 Å². The van der Waals surface area contributed by atoms with Crippen molar-refractivity contribution in [3.8, 4) is 5.75 Å². The third-order valence-corrected chi connectivity index (χ3v) is 2.36. The molecule has 6 heteroatoms. The first kappa shape index (κ1) is 13.4. The van der Waals surface area contributed by atoms with Crippen molar-refractivity contribution in [2.45, 2.75) is 12.2 Å². The van der Waals surface area contributed by atoms with Gasteiger partial charge in [0.15, 0.2) is 0 Å². The van der Waals surface area contributed by atoms with Gasteiger partial charge in [0, 0.05) is 6.54 Å². The van der Waals surface area contributed by atoms with Crippen LogP contribution < -0.4 is 10.5 Å². The molecule has 0 amide bonds. The summed E-state index contributed by atoms with van der Waals surface area (Å²) in [5.74, 6) is -0.845. The maximum Gasteiger partial charge on any atom is 0.335 e. The summed E-state index contributed by atoms with van der Waals surface area (Å²) >= 11 is 0. The van der Waals surface area contributed by atoms with Crippen molar-refractivity contribution in [3.63, 3.8) is 0 Å². The van der Waals surface area contributed by atoms with Crippen molar-refractivity contribution in [2.24, 2.45) is 5.73 Å². The maximum atomic E-state index is 10.9. The lowest BCUT2D eigenvalue weighted by Crippen LogP contribution is -2.27. The maximum absolute atomic E-state index is 10.9. The molecule has 94 valence electrons. The quantitative estimate of drug-likeness (QED) is 0.565. The number of hydrogen-bond acceptors (Lipinski definition) is 5. The van der Waals surface area contributed by atoms with Crippen LogP contribution in [-0.2, 0) is 0 Å². The molecule has 1 aromatic rings. The van der Waals surface area contributed by atoms with Gasteiger partial charge in [-0.05, 0) is 23.8 Å². The highest BCUT2D eigenvalue weighted by molar-refractivity contribution is 5.88. The third-order valence-electron chi connectivity index (χ3n) is 2.36. The van der Waals surface area contributed by atoms with Crippen molar-refractivity contribution >= 4 is 5.97 Å². The van der Waals surface area contributed by atoms with Crippen molar-refractivity contribution in [3.05, 3.63) is 29.3 Å². The molecule has 0 radical (unpaired) electrons. The normalized spacial score (nSPS) is 14.1. The van der Waals surface area contributed by atoms with Crippen LogP contribution in [0, 0.1) is 0 Å². The summed E-state index contributed by atoms with van der Waals surface area (Å²) in [4.78, 5) is 10.9. The second-order valence-electron chi connectivity index (χ2n) is 3.55. The molecule has 0 heterocycles. The Labute approximate surface area is 98.3 Å². The number of nitrogens with two attached hydrogens (primary N) is 1. The number of carbonyl (C=O) groups is 1. The van der Waals surface area contributed by atoms with Gasteiger partial charge >= 0.3 is 5.97 Å². The number of carboxylic acids is 1. The number of aromatic carboxylic acids is 1. The molecule has 1 rings (SSSR count). The summed E-state index contributed by atoms with van der Waals surface area (Å²) in [5.41, 5.74) is 5.45. The Morgan fingerprint density at radius 1 is 1.41 bits per heavy atom. The zero-order valence-corrected chi connectivity index (χ0v) is 9.33. The zero-order valence-electron chi connectivity index (χ0n) is 9.33. The van der Waals surface area contributed by atoms with Crippen molar-refractivity contribution in [2.75, 3.05) is 13.7 Å². The first-order valence-corrected chi connectivity index (χ1v) is 4.98. The van der Waals surface area contributed by atoms with Gasteiger partial charge in [-0.3, -0.25) is 0 Å². The van der Waals surface area contributed by atoms with Crippen LogP contribution in [0.2, 0.25) is 0 Å². The number of carboxylic acid groups (broad SMARTS) is 1. The Bertz CT molecular complexity index is 407. The molecule has 0 aliphatic rings. The highest BCUT2D eigenvalue weighted by Crippen LogP contribution is 2.24. The van der Waals surface area contributed by atoms with E-state index in [4.69, 9.17) is 15.6 Å². The van der Waals surface area contributed by atoms with E-state index in [1.54, 1.807) is 0 Å². The SMILES string of the molecule is COc1cc(C(=O)O)cc(C(O)C(O)CN)c1. The summed E-state index contributed by atoms with van der Waals surface area (Å²) in [6, 6.07) is 4.05. The van der Waals surface area contributed by atoms with Crippen molar-refractivity contribution < 1.29 is 24.9 Å². The molecule has 0 aliphatic heterocycles. The van der Waals surface area contributed by atoms with Crippen molar-refractivity contribution in [1.82, 2.24) is 0 Å². The molecule has 0 aliphatic carbocycles. The van der Waals surface area contributed by atoms with Gasteiger partial charge in [0.2, 0.25) is 0 Å². The number of rotatable bonds is 5. The Balaban J connectivity index is 3.14. The van der Waals surface area contributed by atoms with Gasteiger partial charge in [-0.2, -0.15) is 0 Å². The lowest BCUT2D eigenvalue weighted by molar-refractivity contribution is 0.0241. The van der Waals surface area contributed by atoms with Crippen LogP contribution in [0.1, 0.15) is 22.0 Å². The molecule has 2 unspecified atom stereocenters. The lowest BCUT2D eigenvalue weighted by atomic mass is 10.0. The summed E-state index contributed by atoms with van der Waals surface area (Å²) < 4.78 is 4.92. The van der Waals surface area contributed by atoms with Crippen LogP contribution >= 0.6 is 0 Å². The molecule has 0 saturated carbocycles. The monoisotopic (exact) mass is 241 g/mol. The second kappa shape index (κ2) is 5.62. The van der Waals surface area contributed by atoms with E-state index in [1.165, 1.54) is 25.3 Å². The van der Waals surface area contributed by atoms with E-state index in [1.807, 2.05) is 0 Å². The van der Waals surface area contributed by atoms with E-state index in [9.17, 15) is 15.0 Å². The predicted octanol–water partition coefficient (Wildman–Crippen LogP) is -0.254. The van der Waals surface area contributed by atoms with Crippen LogP contribution in [0.3, 0.4) is 0 Å². The lowest BCUT2D eigenvalue weighted by Gasteiger charge is -2.17. The zero-order chi connectivity index (χ0) is 13.0. The van der Waals surface area contributed by atoms with E-state index in [0.717, 1.165) is 0 Å². The van der Waals surface area contributed by atoms with E-state index >= 15 is 0 Å². The smallest absolute Gasteiger partial charge is 0.335 e. The highest BCUT2D eigenvalue weighted by Gasteiger charge is 2.19. The first-order chi connectivity index (χ1) is 7.99. The van der Waals surface area contributed by atoms with E-state index in [-0.39, 0.29) is 17.7 Å². The largest absolute Gasteiger partial charge is 0.497 e. The summed E-state index contributed by atoms with van der Waals surface area (Å²) in [6.07, 6.45) is -2.39. The molecular formula is C11H15NO5. The van der Waals surface area contributed by atoms with Gasteiger partial charge in [0.05, 0.1) is 18.8 Å². The average Bonchev–Trinajstić information content (AvgIpc) is 2.36. The Morgan fingerprint density at radius 3 is 2.53 bits per heavy atom. The number of aliphatic hydroxyl groups is 2. The highest BCUT2D eigenvalue weighted by atomic mass is 16.5. The third kappa shape index (κ3) is 3.16. The van der Waals surface area contributed by atoms with E-state index in [2.05, 4.69) is 0 Å². The molecular weight excluding hydrogens is 226 g/mol. The molecule has 0 aromatic heterocycles. The van der Waals surface area contributed by atoms with Crippen LogP contribution in [-0.4, -0.2) is 41.0 Å². The van der Waals surface area contributed by atoms with Gasteiger partial charge in [-0.25, -0.2) is 4.79 Å².